The molecule has 1 aliphatic rings. The molecule has 0 fully saturated rings. The van der Waals surface area contributed by atoms with Gasteiger partial charge in [0.2, 0.25) is 0 Å². The number of benzene rings is 1. The van der Waals surface area contributed by atoms with Gasteiger partial charge in [-0.3, -0.25) is 4.68 Å². The molecule has 0 saturated heterocycles. The molecule has 1 aromatic carbocycles. The molecular weight excluding hydrogens is 274 g/mol. The summed E-state index contributed by atoms with van der Waals surface area (Å²) in [6.45, 7) is 2.16. The molecule has 0 amide bonds. The molecule has 112 valence electrons. The summed E-state index contributed by atoms with van der Waals surface area (Å²) in [4.78, 5) is 4.54. The molecule has 5 nitrogen and oxygen atoms in total. The van der Waals surface area contributed by atoms with Crippen molar-refractivity contribution >= 4 is 0 Å². The van der Waals surface area contributed by atoms with E-state index in [-0.39, 0.29) is 6.04 Å². The Morgan fingerprint density at radius 1 is 1.14 bits per heavy atom. The van der Waals surface area contributed by atoms with Crippen LogP contribution in [0.1, 0.15) is 42.4 Å². The Kier molecular flexibility index (Phi) is 3.25. The van der Waals surface area contributed by atoms with Crippen LogP contribution in [0.5, 0.6) is 0 Å². The molecule has 0 aliphatic heterocycles. The molecule has 0 spiro atoms. The Morgan fingerprint density at radius 2 is 1.91 bits per heavy atom. The van der Waals surface area contributed by atoms with E-state index in [0.717, 1.165) is 25.1 Å². The van der Waals surface area contributed by atoms with Crippen LogP contribution < -0.4 is 0 Å². The maximum absolute atomic E-state index is 4.54. The van der Waals surface area contributed by atoms with Gasteiger partial charge in [-0.05, 0) is 36.5 Å². The summed E-state index contributed by atoms with van der Waals surface area (Å²) in [5, 5.41) is 8.91. The summed E-state index contributed by atoms with van der Waals surface area (Å²) in [5.74, 6) is 1.00. The number of nitrogens with zero attached hydrogens (tertiary/aromatic N) is 5. The third-order valence-electron chi connectivity index (χ3n) is 4.51. The zero-order valence-corrected chi connectivity index (χ0v) is 12.6. The van der Waals surface area contributed by atoms with E-state index in [0.29, 0.717) is 6.04 Å². The molecule has 4 rings (SSSR count). The predicted octanol–water partition coefficient (Wildman–Crippen LogP) is 2.81. The number of rotatable bonds is 4. The predicted molar refractivity (Wildman–Crippen MR) is 83.6 cm³/mol. The fourth-order valence-electron chi connectivity index (χ4n) is 3.44. The van der Waals surface area contributed by atoms with Crippen LogP contribution in [0.3, 0.4) is 0 Å². The highest BCUT2D eigenvalue weighted by molar-refractivity contribution is 5.32. The van der Waals surface area contributed by atoms with Gasteiger partial charge in [0.15, 0.2) is 5.82 Å². The van der Waals surface area contributed by atoms with Gasteiger partial charge in [-0.25, -0.2) is 9.67 Å². The van der Waals surface area contributed by atoms with E-state index in [2.05, 4.69) is 51.1 Å². The molecule has 2 aromatic heterocycles. The van der Waals surface area contributed by atoms with Gasteiger partial charge in [0.1, 0.15) is 12.4 Å². The van der Waals surface area contributed by atoms with Crippen molar-refractivity contribution in [3.05, 3.63) is 66.0 Å². The summed E-state index contributed by atoms with van der Waals surface area (Å²) in [5.41, 5.74) is 2.86. The number of hydrogen-bond acceptors (Lipinski definition) is 3. The molecule has 0 radical (unpaired) electrons. The lowest BCUT2D eigenvalue weighted by atomic mass is 10.1. The summed E-state index contributed by atoms with van der Waals surface area (Å²) >= 11 is 0. The second kappa shape index (κ2) is 5.40. The van der Waals surface area contributed by atoms with Crippen molar-refractivity contribution in [2.45, 2.75) is 38.3 Å². The molecule has 5 heteroatoms. The lowest BCUT2D eigenvalue weighted by molar-refractivity contribution is 0.399. The molecule has 0 unspecified atom stereocenters. The minimum absolute atomic E-state index is 0.140. The van der Waals surface area contributed by atoms with Gasteiger partial charge < -0.3 is 0 Å². The number of aromatic nitrogens is 5. The first-order chi connectivity index (χ1) is 10.9. The van der Waals surface area contributed by atoms with Crippen LogP contribution >= 0.6 is 0 Å². The highest BCUT2D eigenvalue weighted by Crippen LogP contribution is 2.32. The molecule has 2 heterocycles. The largest absolute Gasteiger partial charge is 0.262 e. The van der Waals surface area contributed by atoms with Gasteiger partial charge in [-0.1, -0.05) is 31.2 Å². The van der Waals surface area contributed by atoms with E-state index < -0.39 is 0 Å². The average molecular weight is 293 g/mol. The van der Waals surface area contributed by atoms with Gasteiger partial charge in [0, 0.05) is 12.4 Å². The van der Waals surface area contributed by atoms with Crippen LogP contribution in [0.2, 0.25) is 0 Å². The van der Waals surface area contributed by atoms with Crippen LogP contribution in [-0.4, -0.2) is 24.5 Å². The Labute approximate surface area is 129 Å². The van der Waals surface area contributed by atoms with Gasteiger partial charge in [-0.15, -0.1) is 0 Å². The average Bonchev–Trinajstić information content (AvgIpc) is 3.28. The van der Waals surface area contributed by atoms with Gasteiger partial charge in [0.05, 0.1) is 6.04 Å². The van der Waals surface area contributed by atoms with Crippen LogP contribution in [0.4, 0.5) is 0 Å². The Hall–Kier alpha value is -2.43. The fraction of sp³-hybridized carbons (Fsp3) is 0.353. The highest BCUT2D eigenvalue weighted by atomic mass is 15.4. The van der Waals surface area contributed by atoms with Crippen molar-refractivity contribution in [2.75, 3.05) is 0 Å². The molecule has 22 heavy (non-hydrogen) atoms. The molecule has 1 aliphatic carbocycles. The lowest BCUT2D eigenvalue weighted by Gasteiger charge is -2.19. The molecule has 0 saturated carbocycles. The molecule has 0 bridgehead atoms. The molecular formula is C17H19N5. The minimum atomic E-state index is 0.140. The van der Waals surface area contributed by atoms with Crippen LogP contribution in [0, 0.1) is 0 Å². The Bertz CT molecular complexity index is 734. The third kappa shape index (κ3) is 2.13. The first kappa shape index (κ1) is 13.2. The summed E-state index contributed by atoms with van der Waals surface area (Å²) in [7, 11) is 0. The van der Waals surface area contributed by atoms with Crippen molar-refractivity contribution in [1.82, 2.24) is 24.5 Å². The summed E-state index contributed by atoms with van der Waals surface area (Å²) < 4.78 is 4.08. The van der Waals surface area contributed by atoms with E-state index in [4.69, 9.17) is 0 Å². The van der Waals surface area contributed by atoms with Crippen molar-refractivity contribution in [3.63, 3.8) is 0 Å². The topological polar surface area (TPSA) is 48.5 Å². The van der Waals surface area contributed by atoms with Gasteiger partial charge in [-0.2, -0.15) is 10.2 Å². The van der Waals surface area contributed by atoms with Gasteiger partial charge in [0.25, 0.3) is 0 Å². The summed E-state index contributed by atoms with van der Waals surface area (Å²) in [6, 6.07) is 11.1. The highest BCUT2D eigenvalue weighted by Gasteiger charge is 2.28. The van der Waals surface area contributed by atoms with Crippen molar-refractivity contribution in [3.8, 4) is 0 Å². The maximum atomic E-state index is 4.54. The normalized spacial score (nSPS) is 15.9. The first-order valence-electron chi connectivity index (χ1n) is 7.82. The fourth-order valence-corrected chi connectivity index (χ4v) is 3.44. The monoisotopic (exact) mass is 293 g/mol. The number of hydrogen-bond donors (Lipinski definition) is 0. The quantitative estimate of drug-likeness (QED) is 0.743. The second-order valence-electron chi connectivity index (χ2n) is 5.80. The Balaban J connectivity index is 1.67. The van der Waals surface area contributed by atoms with Crippen LogP contribution in [-0.2, 0) is 12.8 Å². The SMILES string of the molecule is CC[C@H](c1ncnn1C1Cc2ccccc2C1)n1cccn1. The molecule has 3 aromatic rings. The van der Waals surface area contributed by atoms with E-state index in [1.165, 1.54) is 11.1 Å². The number of fused-ring (bicyclic) bond motifs is 1. The zero-order chi connectivity index (χ0) is 14.9. The van der Waals surface area contributed by atoms with E-state index >= 15 is 0 Å². The van der Waals surface area contributed by atoms with E-state index in [1.807, 2.05) is 23.1 Å². The lowest BCUT2D eigenvalue weighted by Crippen LogP contribution is -2.21. The van der Waals surface area contributed by atoms with E-state index in [9.17, 15) is 0 Å². The summed E-state index contributed by atoms with van der Waals surface area (Å²) in [6.07, 6.45) is 8.49. The maximum Gasteiger partial charge on any atom is 0.151 e. The minimum Gasteiger partial charge on any atom is -0.262 e. The standard InChI is InChI=1S/C17H19N5/c1-2-16(21-9-5-8-19-21)17-18-12-20-22(17)15-10-13-6-3-4-7-14(13)11-15/h3-9,12,15-16H,2,10-11H2,1H3/t16-/m1/s1. The van der Waals surface area contributed by atoms with Crippen LogP contribution in [0.25, 0.3) is 0 Å². The second-order valence-corrected chi connectivity index (χ2v) is 5.80. The van der Waals surface area contributed by atoms with Crippen molar-refractivity contribution in [2.24, 2.45) is 0 Å². The Morgan fingerprint density at radius 3 is 2.55 bits per heavy atom. The van der Waals surface area contributed by atoms with E-state index in [1.54, 1.807) is 6.33 Å². The smallest absolute Gasteiger partial charge is 0.151 e. The van der Waals surface area contributed by atoms with Gasteiger partial charge >= 0.3 is 0 Å². The molecule has 1 atom stereocenters. The first-order valence-corrected chi connectivity index (χ1v) is 7.82. The zero-order valence-electron chi connectivity index (χ0n) is 12.6. The molecule has 0 N–H and O–H groups in total. The third-order valence-corrected chi connectivity index (χ3v) is 4.51. The van der Waals surface area contributed by atoms with Crippen molar-refractivity contribution in [1.29, 1.82) is 0 Å². The van der Waals surface area contributed by atoms with Crippen molar-refractivity contribution < 1.29 is 0 Å². The van der Waals surface area contributed by atoms with Crippen LogP contribution in [0.15, 0.2) is 49.1 Å².